The highest BCUT2D eigenvalue weighted by atomic mass is 19.3. The van der Waals surface area contributed by atoms with Gasteiger partial charge in [-0.3, -0.25) is 9.89 Å². The fourth-order valence-corrected chi connectivity index (χ4v) is 2.94. The van der Waals surface area contributed by atoms with E-state index in [1.165, 1.54) is 6.20 Å². The summed E-state index contributed by atoms with van der Waals surface area (Å²) >= 11 is 0. The molecule has 0 saturated heterocycles. The van der Waals surface area contributed by atoms with E-state index in [-0.39, 0.29) is 11.9 Å². The summed E-state index contributed by atoms with van der Waals surface area (Å²) in [6, 6.07) is 8.70. The second-order valence-corrected chi connectivity index (χ2v) is 6.59. The summed E-state index contributed by atoms with van der Waals surface area (Å²) in [6.45, 7) is 2.79. The summed E-state index contributed by atoms with van der Waals surface area (Å²) in [5.74, 6) is -0.226. The van der Waals surface area contributed by atoms with E-state index in [0.29, 0.717) is 33.5 Å². The Labute approximate surface area is 155 Å². The normalized spacial score (nSPS) is 12.4. The molecule has 0 bridgehead atoms. The molecule has 0 radical (unpaired) electrons. The Kier molecular flexibility index (Phi) is 5.34. The zero-order valence-corrected chi connectivity index (χ0v) is 15.3. The first-order chi connectivity index (χ1) is 12.8. The number of halogens is 2. The van der Waals surface area contributed by atoms with Crippen LogP contribution < -0.4 is 5.32 Å². The molecule has 1 atom stereocenters. The number of rotatable bonds is 6. The second kappa shape index (κ2) is 7.69. The van der Waals surface area contributed by atoms with E-state index >= 15 is 0 Å². The first kappa shape index (κ1) is 18.8. The fraction of sp³-hybridized carbons (Fsp3) is 0.316. The molecule has 8 heteroatoms. The van der Waals surface area contributed by atoms with Gasteiger partial charge in [0.15, 0.2) is 0 Å². The van der Waals surface area contributed by atoms with Crippen LogP contribution in [0.25, 0.3) is 11.1 Å². The van der Waals surface area contributed by atoms with Crippen LogP contribution in [0.4, 0.5) is 8.78 Å². The Morgan fingerprint density at radius 3 is 2.70 bits per heavy atom. The number of aryl methyl sites for hydroxylation is 2. The molecule has 6 nitrogen and oxygen atoms in total. The number of benzene rings is 1. The summed E-state index contributed by atoms with van der Waals surface area (Å²) in [4.78, 5) is 12.6. The standard InChI is InChI=1S/C19H21F2N5O/c1-11(7-16-8-12(2)23-24-16)22-18(27)15-6-4-5-14(9-15)17-10-26(19(20)21)25-13(17)3/h4-6,8-11,19H,7H2,1-3H3,(H,22,27)(H,23,24)/t11-/m1/s1. The topological polar surface area (TPSA) is 75.6 Å². The average molecular weight is 373 g/mol. The van der Waals surface area contributed by atoms with E-state index in [2.05, 4.69) is 20.6 Å². The maximum atomic E-state index is 12.8. The van der Waals surface area contributed by atoms with Crippen molar-refractivity contribution in [2.24, 2.45) is 0 Å². The summed E-state index contributed by atoms with van der Waals surface area (Å²) in [5.41, 5.74) is 4.03. The van der Waals surface area contributed by atoms with E-state index in [0.717, 1.165) is 11.4 Å². The predicted octanol–water partition coefficient (Wildman–Crippen LogP) is 3.65. The molecule has 2 heterocycles. The van der Waals surface area contributed by atoms with Crippen LogP contribution in [0.1, 0.15) is 40.9 Å². The molecule has 1 amide bonds. The molecule has 0 saturated carbocycles. The van der Waals surface area contributed by atoms with E-state index in [4.69, 9.17) is 0 Å². The van der Waals surface area contributed by atoms with Crippen LogP contribution >= 0.6 is 0 Å². The first-order valence-electron chi connectivity index (χ1n) is 8.59. The number of H-pyrrole nitrogens is 1. The Morgan fingerprint density at radius 1 is 1.30 bits per heavy atom. The molecule has 0 spiro atoms. The number of aromatic nitrogens is 4. The highest BCUT2D eigenvalue weighted by molar-refractivity contribution is 5.95. The van der Waals surface area contributed by atoms with Crippen molar-refractivity contribution in [2.45, 2.75) is 39.8 Å². The molecule has 0 aliphatic rings. The van der Waals surface area contributed by atoms with Gasteiger partial charge in [-0.15, -0.1) is 0 Å². The Hall–Kier alpha value is -3.03. The lowest BCUT2D eigenvalue weighted by atomic mass is 10.0. The number of nitrogens with one attached hydrogen (secondary N) is 2. The zero-order chi connectivity index (χ0) is 19.6. The molecular formula is C19H21F2N5O. The molecule has 3 aromatic rings. The third kappa shape index (κ3) is 4.39. The Morgan fingerprint density at radius 2 is 2.07 bits per heavy atom. The van der Waals surface area contributed by atoms with Gasteiger partial charge in [-0.05, 0) is 44.5 Å². The summed E-state index contributed by atoms with van der Waals surface area (Å²) < 4.78 is 26.3. The van der Waals surface area contributed by atoms with Gasteiger partial charge < -0.3 is 5.32 Å². The number of hydrogen-bond donors (Lipinski definition) is 2. The van der Waals surface area contributed by atoms with Crippen LogP contribution in [0.5, 0.6) is 0 Å². The number of carbonyl (C=O) groups excluding carboxylic acids is 1. The van der Waals surface area contributed by atoms with Gasteiger partial charge in [0.25, 0.3) is 5.91 Å². The summed E-state index contributed by atoms with van der Waals surface area (Å²) in [6.07, 6.45) is 1.90. The van der Waals surface area contributed by atoms with Crippen molar-refractivity contribution in [1.82, 2.24) is 25.3 Å². The third-order valence-corrected chi connectivity index (χ3v) is 4.20. The van der Waals surface area contributed by atoms with Crippen LogP contribution in [-0.2, 0) is 6.42 Å². The minimum Gasteiger partial charge on any atom is -0.349 e. The van der Waals surface area contributed by atoms with Gasteiger partial charge in [0, 0.05) is 35.5 Å². The van der Waals surface area contributed by atoms with E-state index in [9.17, 15) is 13.6 Å². The van der Waals surface area contributed by atoms with Crippen molar-refractivity contribution in [3.8, 4) is 11.1 Å². The molecule has 1 aromatic carbocycles. The quantitative estimate of drug-likeness (QED) is 0.693. The van der Waals surface area contributed by atoms with Crippen LogP contribution in [0.15, 0.2) is 36.5 Å². The number of aromatic amines is 1. The monoisotopic (exact) mass is 373 g/mol. The van der Waals surface area contributed by atoms with Crippen molar-refractivity contribution in [2.75, 3.05) is 0 Å². The van der Waals surface area contributed by atoms with Crippen molar-refractivity contribution in [3.05, 3.63) is 59.2 Å². The molecule has 0 unspecified atom stereocenters. The number of amides is 1. The Bertz CT molecular complexity index is 947. The molecular weight excluding hydrogens is 352 g/mol. The lowest BCUT2D eigenvalue weighted by Gasteiger charge is -2.13. The summed E-state index contributed by atoms with van der Waals surface area (Å²) in [5, 5.41) is 13.8. The van der Waals surface area contributed by atoms with E-state index in [1.807, 2.05) is 19.9 Å². The van der Waals surface area contributed by atoms with Crippen LogP contribution in [0, 0.1) is 13.8 Å². The van der Waals surface area contributed by atoms with E-state index < -0.39 is 6.55 Å². The lowest BCUT2D eigenvalue weighted by Crippen LogP contribution is -2.34. The SMILES string of the molecule is Cc1cc(C[C@@H](C)NC(=O)c2cccc(-c3cn(C(F)F)nc3C)c2)n[nH]1. The molecule has 0 aliphatic heterocycles. The van der Waals surface area contributed by atoms with Crippen molar-refractivity contribution < 1.29 is 13.6 Å². The smallest absolute Gasteiger partial charge is 0.333 e. The molecule has 2 aromatic heterocycles. The maximum absolute atomic E-state index is 12.8. The van der Waals surface area contributed by atoms with Gasteiger partial charge >= 0.3 is 6.55 Å². The minimum atomic E-state index is -2.70. The molecule has 142 valence electrons. The molecule has 27 heavy (non-hydrogen) atoms. The molecule has 0 fully saturated rings. The highest BCUT2D eigenvalue weighted by Crippen LogP contribution is 2.25. The largest absolute Gasteiger partial charge is 0.349 e. The number of carbonyl (C=O) groups is 1. The number of alkyl halides is 2. The summed E-state index contributed by atoms with van der Waals surface area (Å²) in [7, 11) is 0. The van der Waals surface area contributed by atoms with Gasteiger partial charge in [-0.25, -0.2) is 4.68 Å². The average Bonchev–Trinajstić information content (AvgIpc) is 3.20. The highest BCUT2D eigenvalue weighted by Gasteiger charge is 2.16. The van der Waals surface area contributed by atoms with Crippen molar-refractivity contribution in [1.29, 1.82) is 0 Å². The van der Waals surface area contributed by atoms with Gasteiger partial charge in [-0.2, -0.15) is 19.0 Å². The van der Waals surface area contributed by atoms with E-state index in [1.54, 1.807) is 31.2 Å². The van der Waals surface area contributed by atoms with Gasteiger partial charge in [0.1, 0.15) is 0 Å². The van der Waals surface area contributed by atoms with Gasteiger partial charge in [-0.1, -0.05) is 12.1 Å². The maximum Gasteiger partial charge on any atom is 0.333 e. The minimum absolute atomic E-state index is 0.104. The number of nitrogens with zero attached hydrogens (tertiary/aromatic N) is 3. The lowest BCUT2D eigenvalue weighted by molar-refractivity contribution is 0.0563. The zero-order valence-electron chi connectivity index (χ0n) is 15.3. The van der Waals surface area contributed by atoms with Crippen LogP contribution in [0.3, 0.4) is 0 Å². The van der Waals surface area contributed by atoms with Gasteiger partial charge in [0.05, 0.1) is 11.4 Å². The Balaban J connectivity index is 1.73. The second-order valence-electron chi connectivity index (χ2n) is 6.59. The third-order valence-electron chi connectivity index (χ3n) is 4.20. The van der Waals surface area contributed by atoms with Crippen molar-refractivity contribution >= 4 is 5.91 Å². The van der Waals surface area contributed by atoms with Crippen LogP contribution in [0.2, 0.25) is 0 Å². The van der Waals surface area contributed by atoms with Crippen molar-refractivity contribution in [3.63, 3.8) is 0 Å². The molecule has 3 rings (SSSR count). The van der Waals surface area contributed by atoms with Gasteiger partial charge in [0.2, 0.25) is 0 Å². The fourth-order valence-electron chi connectivity index (χ4n) is 2.94. The predicted molar refractivity (Wildman–Crippen MR) is 97.6 cm³/mol. The van der Waals surface area contributed by atoms with Crippen LogP contribution in [-0.4, -0.2) is 31.9 Å². The molecule has 2 N–H and O–H groups in total. The number of hydrogen-bond acceptors (Lipinski definition) is 3. The molecule has 0 aliphatic carbocycles. The first-order valence-corrected chi connectivity index (χ1v) is 8.59.